The molecule has 1 aromatic carbocycles. The SMILES string of the molecule is Cc1cc(CCC(=O)NCC2CCCN(c3nccs3)C2)ccc1F. The van der Waals surface area contributed by atoms with E-state index in [0.717, 1.165) is 36.6 Å². The van der Waals surface area contributed by atoms with E-state index in [1.807, 2.05) is 17.6 Å². The molecule has 1 saturated heterocycles. The van der Waals surface area contributed by atoms with Gasteiger partial charge in [0.15, 0.2) is 5.13 Å². The van der Waals surface area contributed by atoms with E-state index in [2.05, 4.69) is 15.2 Å². The van der Waals surface area contributed by atoms with E-state index in [-0.39, 0.29) is 11.7 Å². The monoisotopic (exact) mass is 361 g/mol. The van der Waals surface area contributed by atoms with Gasteiger partial charge in [0.05, 0.1) is 0 Å². The number of carbonyl (C=O) groups excluding carboxylic acids is 1. The number of amides is 1. The minimum Gasteiger partial charge on any atom is -0.356 e. The molecule has 1 atom stereocenters. The number of hydrogen-bond acceptors (Lipinski definition) is 4. The Morgan fingerprint density at radius 3 is 3.12 bits per heavy atom. The molecule has 1 aliphatic heterocycles. The molecule has 4 nitrogen and oxygen atoms in total. The van der Waals surface area contributed by atoms with Crippen LogP contribution in [-0.4, -0.2) is 30.5 Å². The molecule has 1 aliphatic rings. The Hall–Kier alpha value is -1.95. The highest BCUT2D eigenvalue weighted by Gasteiger charge is 2.21. The van der Waals surface area contributed by atoms with E-state index in [9.17, 15) is 9.18 Å². The fourth-order valence-corrected chi connectivity index (χ4v) is 3.92. The predicted molar refractivity (Wildman–Crippen MR) is 99.5 cm³/mol. The zero-order valence-corrected chi connectivity index (χ0v) is 15.3. The summed E-state index contributed by atoms with van der Waals surface area (Å²) in [6, 6.07) is 5.04. The van der Waals surface area contributed by atoms with Crippen LogP contribution in [0.5, 0.6) is 0 Å². The second-order valence-corrected chi connectivity index (χ2v) is 7.53. The van der Waals surface area contributed by atoms with Crippen LogP contribution in [0.2, 0.25) is 0 Å². The van der Waals surface area contributed by atoms with Crippen LogP contribution in [-0.2, 0) is 11.2 Å². The van der Waals surface area contributed by atoms with Gasteiger partial charge in [-0.1, -0.05) is 12.1 Å². The van der Waals surface area contributed by atoms with E-state index in [0.29, 0.717) is 30.9 Å². The Labute approximate surface area is 152 Å². The van der Waals surface area contributed by atoms with E-state index in [4.69, 9.17) is 0 Å². The van der Waals surface area contributed by atoms with Crippen molar-refractivity contribution in [3.8, 4) is 0 Å². The van der Waals surface area contributed by atoms with Gasteiger partial charge in [0.1, 0.15) is 5.82 Å². The van der Waals surface area contributed by atoms with Crippen molar-refractivity contribution in [3.63, 3.8) is 0 Å². The van der Waals surface area contributed by atoms with Gasteiger partial charge in [-0.05, 0) is 49.3 Å². The smallest absolute Gasteiger partial charge is 0.220 e. The van der Waals surface area contributed by atoms with Crippen LogP contribution in [0.3, 0.4) is 0 Å². The summed E-state index contributed by atoms with van der Waals surface area (Å²) >= 11 is 1.66. The first-order valence-electron chi connectivity index (χ1n) is 8.78. The predicted octanol–water partition coefficient (Wildman–Crippen LogP) is 3.56. The van der Waals surface area contributed by atoms with Crippen molar-refractivity contribution in [2.24, 2.45) is 5.92 Å². The van der Waals surface area contributed by atoms with E-state index in [1.54, 1.807) is 24.3 Å². The Morgan fingerprint density at radius 2 is 2.36 bits per heavy atom. The van der Waals surface area contributed by atoms with Crippen molar-refractivity contribution in [3.05, 3.63) is 46.7 Å². The summed E-state index contributed by atoms with van der Waals surface area (Å²) < 4.78 is 13.3. The highest BCUT2D eigenvalue weighted by molar-refractivity contribution is 7.13. The molecule has 1 amide bonds. The molecule has 6 heteroatoms. The van der Waals surface area contributed by atoms with Gasteiger partial charge in [0.25, 0.3) is 0 Å². The molecule has 0 spiro atoms. The highest BCUT2D eigenvalue weighted by atomic mass is 32.1. The van der Waals surface area contributed by atoms with E-state index < -0.39 is 0 Å². The zero-order valence-electron chi connectivity index (χ0n) is 14.5. The molecule has 134 valence electrons. The second kappa shape index (κ2) is 8.43. The van der Waals surface area contributed by atoms with Gasteiger partial charge in [-0.2, -0.15) is 0 Å². The summed E-state index contributed by atoms with van der Waals surface area (Å²) in [7, 11) is 0. The van der Waals surface area contributed by atoms with Gasteiger partial charge in [0, 0.05) is 37.6 Å². The Morgan fingerprint density at radius 1 is 1.48 bits per heavy atom. The summed E-state index contributed by atoms with van der Waals surface area (Å²) in [5.41, 5.74) is 1.63. The minimum absolute atomic E-state index is 0.0633. The molecule has 0 saturated carbocycles. The van der Waals surface area contributed by atoms with Gasteiger partial charge in [-0.15, -0.1) is 11.3 Å². The zero-order chi connectivity index (χ0) is 17.6. The van der Waals surface area contributed by atoms with Crippen LogP contribution in [0.4, 0.5) is 9.52 Å². The molecular weight excluding hydrogens is 337 g/mol. The standard InChI is InChI=1S/C19H24FN3OS/c1-14-11-15(4-6-17(14)20)5-7-18(24)22-12-16-3-2-9-23(13-16)19-21-8-10-25-19/h4,6,8,10-11,16H,2-3,5,7,9,12-13H2,1H3,(H,22,24). The summed E-state index contributed by atoms with van der Waals surface area (Å²) in [6.45, 7) is 4.45. The topological polar surface area (TPSA) is 45.2 Å². The Kier molecular flexibility index (Phi) is 6.02. The van der Waals surface area contributed by atoms with Gasteiger partial charge in [0.2, 0.25) is 5.91 Å². The average molecular weight is 361 g/mol. The fourth-order valence-electron chi connectivity index (χ4n) is 3.24. The second-order valence-electron chi connectivity index (χ2n) is 6.66. The van der Waals surface area contributed by atoms with Crippen LogP contribution in [0.25, 0.3) is 0 Å². The lowest BCUT2D eigenvalue weighted by molar-refractivity contribution is -0.121. The molecule has 25 heavy (non-hydrogen) atoms. The molecule has 0 aliphatic carbocycles. The number of aryl methyl sites for hydroxylation is 2. The van der Waals surface area contributed by atoms with Gasteiger partial charge < -0.3 is 10.2 Å². The number of benzene rings is 1. The fraction of sp³-hybridized carbons (Fsp3) is 0.474. The van der Waals surface area contributed by atoms with Crippen molar-refractivity contribution >= 4 is 22.4 Å². The van der Waals surface area contributed by atoms with E-state index >= 15 is 0 Å². The molecule has 2 heterocycles. The maximum Gasteiger partial charge on any atom is 0.220 e. The molecule has 2 aromatic rings. The van der Waals surface area contributed by atoms with Crippen molar-refractivity contribution < 1.29 is 9.18 Å². The third-order valence-electron chi connectivity index (χ3n) is 4.66. The Balaban J connectivity index is 1.41. The van der Waals surface area contributed by atoms with Crippen molar-refractivity contribution in [2.75, 3.05) is 24.5 Å². The average Bonchev–Trinajstić information content (AvgIpc) is 3.16. The molecule has 1 N–H and O–H groups in total. The summed E-state index contributed by atoms with van der Waals surface area (Å²) in [5.74, 6) is 0.332. The quantitative estimate of drug-likeness (QED) is 0.856. The first-order chi connectivity index (χ1) is 12.1. The summed E-state index contributed by atoms with van der Waals surface area (Å²) in [5, 5.41) is 6.13. The number of nitrogens with zero attached hydrogens (tertiary/aromatic N) is 2. The van der Waals surface area contributed by atoms with Crippen LogP contribution in [0.1, 0.15) is 30.4 Å². The summed E-state index contributed by atoms with van der Waals surface area (Å²) in [6.07, 6.45) is 5.19. The lowest BCUT2D eigenvalue weighted by Crippen LogP contribution is -2.41. The molecular formula is C19H24FN3OS. The van der Waals surface area contributed by atoms with Crippen LogP contribution in [0, 0.1) is 18.7 Å². The van der Waals surface area contributed by atoms with Crippen molar-refractivity contribution in [1.29, 1.82) is 0 Å². The third-order valence-corrected chi connectivity index (χ3v) is 5.49. The summed E-state index contributed by atoms with van der Waals surface area (Å²) in [4.78, 5) is 18.8. The number of halogens is 1. The normalized spacial score (nSPS) is 17.5. The number of piperidine rings is 1. The number of aromatic nitrogens is 1. The number of rotatable bonds is 6. The highest BCUT2D eigenvalue weighted by Crippen LogP contribution is 2.24. The lowest BCUT2D eigenvalue weighted by Gasteiger charge is -2.32. The van der Waals surface area contributed by atoms with Crippen molar-refractivity contribution in [2.45, 2.75) is 32.6 Å². The van der Waals surface area contributed by atoms with Crippen LogP contribution >= 0.6 is 11.3 Å². The maximum atomic E-state index is 13.3. The Bertz CT molecular complexity index is 705. The third kappa shape index (κ3) is 5.01. The largest absolute Gasteiger partial charge is 0.356 e. The van der Waals surface area contributed by atoms with Gasteiger partial charge in [-0.25, -0.2) is 9.37 Å². The van der Waals surface area contributed by atoms with Crippen LogP contribution < -0.4 is 10.2 Å². The number of nitrogens with one attached hydrogen (secondary N) is 1. The number of hydrogen-bond donors (Lipinski definition) is 1. The van der Waals surface area contributed by atoms with Crippen molar-refractivity contribution in [1.82, 2.24) is 10.3 Å². The minimum atomic E-state index is -0.199. The number of carbonyl (C=O) groups is 1. The first kappa shape index (κ1) is 17.9. The number of thiazole rings is 1. The molecule has 0 bridgehead atoms. The lowest BCUT2D eigenvalue weighted by atomic mass is 9.98. The molecule has 1 fully saturated rings. The van der Waals surface area contributed by atoms with Crippen LogP contribution in [0.15, 0.2) is 29.8 Å². The molecule has 0 radical (unpaired) electrons. The molecule has 1 unspecified atom stereocenters. The molecule has 1 aromatic heterocycles. The maximum absolute atomic E-state index is 13.3. The first-order valence-corrected chi connectivity index (χ1v) is 9.66. The van der Waals surface area contributed by atoms with Gasteiger partial charge in [-0.3, -0.25) is 4.79 Å². The molecule has 3 rings (SSSR count). The van der Waals surface area contributed by atoms with Gasteiger partial charge >= 0.3 is 0 Å². The number of anilines is 1. The van der Waals surface area contributed by atoms with E-state index in [1.165, 1.54) is 6.07 Å².